The first kappa shape index (κ1) is 17.3. The maximum atomic E-state index is 13.2. The Hall–Kier alpha value is -3.08. The van der Waals surface area contributed by atoms with E-state index in [9.17, 15) is 9.18 Å². The Morgan fingerprint density at radius 3 is 2.52 bits per heavy atom. The molecule has 0 spiro atoms. The summed E-state index contributed by atoms with van der Waals surface area (Å²) in [7, 11) is 0. The van der Waals surface area contributed by atoms with Crippen molar-refractivity contribution in [3.8, 4) is 0 Å². The highest BCUT2D eigenvalue weighted by Crippen LogP contribution is 2.32. The average molecular weight is 361 g/mol. The topological polar surface area (TPSA) is 54.9 Å². The van der Waals surface area contributed by atoms with Gasteiger partial charge in [-0.25, -0.2) is 14.4 Å². The molecule has 1 aliphatic rings. The van der Waals surface area contributed by atoms with E-state index in [2.05, 4.69) is 34.3 Å². The fourth-order valence-electron chi connectivity index (χ4n) is 3.43. The van der Waals surface area contributed by atoms with E-state index in [-0.39, 0.29) is 17.5 Å². The third-order valence-corrected chi connectivity index (χ3v) is 5.00. The molecule has 0 fully saturated rings. The van der Waals surface area contributed by atoms with Crippen LogP contribution in [0.4, 0.5) is 16.0 Å². The molecule has 1 heterocycles. The van der Waals surface area contributed by atoms with Crippen LogP contribution in [-0.2, 0) is 12.8 Å². The number of ketones is 1. The predicted octanol–water partition coefficient (Wildman–Crippen LogP) is 4.83. The van der Waals surface area contributed by atoms with Gasteiger partial charge in [0.05, 0.1) is 11.3 Å². The highest BCUT2D eigenvalue weighted by atomic mass is 19.1. The van der Waals surface area contributed by atoms with Gasteiger partial charge >= 0.3 is 0 Å². The number of rotatable bonds is 4. The summed E-state index contributed by atoms with van der Waals surface area (Å²) >= 11 is 0. The van der Waals surface area contributed by atoms with Gasteiger partial charge in [0.2, 0.25) is 5.95 Å². The minimum Gasteiger partial charge on any atom is -0.324 e. The normalized spacial score (nSPS) is 16.1. The van der Waals surface area contributed by atoms with E-state index in [0.29, 0.717) is 24.4 Å². The number of aryl methyl sites for hydroxylation is 1. The molecule has 0 amide bonds. The lowest BCUT2D eigenvalue weighted by atomic mass is 9.82. The number of anilines is 2. The maximum Gasteiger partial charge on any atom is 0.227 e. The first-order valence-electron chi connectivity index (χ1n) is 9.13. The maximum absolute atomic E-state index is 13.2. The third-order valence-electron chi connectivity index (χ3n) is 5.00. The molecule has 0 aliphatic heterocycles. The summed E-state index contributed by atoms with van der Waals surface area (Å²) in [6, 6.07) is 14.5. The van der Waals surface area contributed by atoms with Gasteiger partial charge in [0, 0.05) is 18.3 Å². The van der Waals surface area contributed by atoms with Crippen molar-refractivity contribution in [3.63, 3.8) is 0 Å². The molecule has 0 bridgehead atoms. The molecule has 1 aromatic heterocycles. The van der Waals surface area contributed by atoms with Gasteiger partial charge in [-0.3, -0.25) is 4.79 Å². The Morgan fingerprint density at radius 2 is 1.81 bits per heavy atom. The Kier molecular flexibility index (Phi) is 4.67. The summed E-state index contributed by atoms with van der Waals surface area (Å²) in [6.07, 6.45) is 3.63. The molecule has 27 heavy (non-hydrogen) atoms. The van der Waals surface area contributed by atoms with E-state index in [0.717, 1.165) is 23.4 Å². The zero-order chi connectivity index (χ0) is 18.8. The van der Waals surface area contributed by atoms with Gasteiger partial charge in [0.25, 0.3) is 0 Å². The van der Waals surface area contributed by atoms with E-state index in [1.807, 2.05) is 12.1 Å². The smallest absolute Gasteiger partial charge is 0.227 e. The number of fused-ring (bicyclic) bond motifs is 1. The molecule has 4 rings (SSSR count). The van der Waals surface area contributed by atoms with E-state index in [4.69, 9.17) is 0 Å². The first-order valence-corrected chi connectivity index (χ1v) is 9.13. The van der Waals surface area contributed by atoms with Crippen LogP contribution >= 0.6 is 0 Å². The minimum atomic E-state index is -0.274. The summed E-state index contributed by atoms with van der Waals surface area (Å²) in [6.45, 7) is 2.11. The van der Waals surface area contributed by atoms with Crippen molar-refractivity contribution >= 4 is 17.4 Å². The molecule has 1 atom stereocenters. The second-order valence-electron chi connectivity index (χ2n) is 6.81. The zero-order valence-electron chi connectivity index (χ0n) is 15.1. The van der Waals surface area contributed by atoms with Crippen LogP contribution in [0.25, 0.3) is 0 Å². The van der Waals surface area contributed by atoms with E-state index in [1.165, 1.54) is 17.7 Å². The second-order valence-corrected chi connectivity index (χ2v) is 6.81. The number of carbonyl (C=O) groups excluding carboxylic acids is 1. The number of hydrogen-bond donors (Lipinski definition) is 1. The molecule has 3 aromatic rings. The quantitative estimate of drug-likeness (QED) is 0.723. The molecule has 0 unspecified atom stereocenters. The molecule has 1 N–H and O–H groups in total. The van der Waals surface area contributed by atoms with Gasteiger partial charge in [-0.05, 0) is 54.2 Å². The van der Waals surface area contributed by atoms with Crippen LogP contribution < -0.4 is 5.32 Å². The van der Waals surface area contributed by atoms with Crippen LogP contribution in [0.1, 0.15) is 46.4 Å². The largest absolute Gasteiger partial charge is 0.324 e. The minimum absolute atomic E-state index is 0.0113. The van der Waals surface area contributed by atoms with Crippen LogP contribution in [0.15, 0.2) is 54.7 Å². The summed E-state index contributed by atoms with van der Waals surface area (Å²) in [5.41, 5.74) is 4.45. The Labute approximate surface area is 157 Å². The monoisotopic (exact) mass is 361 g/mol. The van der Waals surface area contributed by atoms with E-state index < -0.39 is 0 Å². The number of carbonyl (C=O) groups is 1. The van der Waals surface area contributed by atoms with Crippen molar-refractivity contribution in [2.45, 2.75) is 32.1 Å². The van der Waals surface area contributed by atoms with Crippen molar-refractivity contribution in [2.75, 3.05) is 5.32 Å². The highest BCUT2D eigenvalue weighted by molar-refractivity contribution is 5.98. The third kappa shape index (κ3) is 3.72. The molecule has 0 saturated carbocycles. The van der Waals surface area contributed by atoms with Crippen molar-refractivity contribution in [1.29, 1.82) is 0 Å². The second kappa shape index (κ2) is 7.27. The van der Waals surface area contributed by atoms with Gasteiger partial charge in [-0.15, -0.1) is 0 Å². The summed E-state index contributed by atoms with van der Waals surface area (Å²) in [4.78, 5) is 21.4. The molecule has 2 aromatic carbocycles. The molecule has 0 saturated heterocycles. The van der Waals surface area contributed by atoms with Gasteiger partial charge in [-0.1, -0.05) is 31.2 Å². The summed E-state index contributed by atoms with van der Waals surface area (Å²) in [5, 5.41) is 3.20. The number of nitrogens with one attached hydrogen (secondary N) is 1. The lowest BCUT2D eigenvalue weighted by molar-refractivity contribution is 0.0962. The number of benzene rings is 2. The molecule has 5 heteroatoms. The van der Waals surface area contributed by atoms with Crippen LogP contribution in [-0.4, -0.2) is 15.8 Å². The molecule has 136 valence electrons. The summed E-state index contributed by atoms with van der Waals surface area (Å²) < 4.78 is 13.2. The van der Waals surface area contributed by atoms with Crippen molar-refractivity contribution in [1.82, 2.24) is 9.97 Å². The molecular formula is C22H20FN3O. The van der Waals surface area contributed by atoms with Crippen LogP contribution in [0.5, 0.6) is 0 Å². The van der Waals surface area contributed by atoms with Crippen LogP contribution in [0, 0.1) is 5.82 Å². The lowest BCUT2D eigenvalue weighted by Gasteiger charge is -2.23. The Morgan fingerprint density at radius 1 is 1.07 bits per heavy atom. The predicted molar refractivity (Wildman–Crippen MR) is 103 cm³/mol. The van der Waals surface area contributed by atoms with Crippen molar-refractivity contribution in [3.05, 3.63) is 82.9 Å². The number of Topliss-reactive ketones (excluding diaryl/α,β-unsaturated/α-hetero) is 1. The average Bonchev–Trinajstić information content (AvgIpc) is 2.69. The Bertz CT molecular complexity index is 968. The zero-order valence-corrected chi connectivity index (χ0v) is 15.1. The van der Waals surface area contributed by atoms with Gasteiger partial charge < -0.3 is 5.32 Å². The number of nitrogens with zero attached hydrogens (tertiary/aromatic N) is 2. The molecule has 0 radical (unpaired) electrons. The van der Waals surface area contributed by atoms with Crippen molar-refractivity contribution < 1.29 is 9.18 Å². The number of halogens is 1. The first-order chi connectivity index (χ1) is 13.1. The molecular weight excluding hydrogens is 341 g/mol. The van der Waals surface area contributed by atoms with Gasteiger partial charge in [-0.2, -0.15) is 0 Å². The fraction of sp³-hybridized carbons (Fsp3) is 0.227. The Balaban J connectivity index is 1.57. The van der Waals surface area contributed by atoms with Crippen LogP contribution in [0.2, 0.25) is 0 Å². The fourth-order valence-corrected chi connectivity index (χ4v) is 3.43. The van der Waals surface area contributed by atoms with Crippen LogP contribution in [0.3, 0.4) is 0 Å². The summed E-state index contributed by atoms with van der Waals surface area (Å²) in [5.74, 6) is 0.247. The highest BCUT2D eigenvalue weighted by Gasteiger charge is 2.28. The van der Waals surface area contributed by atoms with Gasteiger partial charge in [0.1, 0.15) is 5.82 Å². The SMILES string of the molecule is CCc1ccc(Nc2ncc3c(n2)C[C@H](c2ccc(F)cc2)CC3=O)cc1. The van der Waals surface area contributed by atoms with E-state index >= 15 is 0 Å². The van der Waals surface area contributed by atoms with Gasteiger partial charge in [0.15, 0.2) is 5.78 Å². The molecule has 4 nitrogen and oxygen atoms in total. The van der Waals surface area contributed by atoms with E-state index in [1.54, 1.807) is 18.3 Å². The number of hydrogen-bond acceptors (Lipinski definition) is 4. The molecule has 1 aliphatic carbocycles. The standard InChI is InChI=1S/C22H20FN3O/c1-2-14-3-9-18(10-4-14)25-22-24-13-19-20(26-22)11-16(12-21(19)27)15-5-7-17(23)8-6-15/h3-10,13,16H,2,11-12H2,1H3,(H,24,25,26)/t16-/m0/s1. The van der Waals surface area contributed by atoms with Crippen molar-refractivity contribution in [2.24, 2.45) is 0 Å². The number of aromatic nitrogens is 2. The lowest BCUT2D eigenvalue weighted by Crippen LogP contribution is -2.21.